The van der Waals surface area contributed by atoms with E-state index in [2.05, 4.69) is 10.5 Å². The summed E-state index contributed by atoms with van der Waals surface area (Å²) in [5.41, 5.74) is 3.50. The number of carbonyl (C=O) groups is 1. The van der Waals surface area contributed by atoms with Crippen LogP contribution in [0.25, 0.3) is 12.2 Å². The average molecular weight is 460 g/mol. The zero-order valence-electron chi connectivity index (χ0n) is 19.5. The molecule has 7 nitrogen and oxygen atoms in total. The molecule has 0 radical (unpaired) electrons. The lowest BCUT2D eigenvalue weighted by Crippen LogP contribution is -2.47. The number of nitrogens with one attached hydrogen (secondary N) is 1. The molecular formula is C24H33N3O4S. The van der Waals surface area contributed by atoms with Crippen molar-refractivity contribution in [3.63, 3.8) is 0 Å². The fraction of sp³-hybridized carbons (Fsp3) is 0.500. The van der Waals surface area contributed by atoms with Gasteiger partial charge in [0.05, 0.1) is 5.92 Å². The first-order chi connectivity index (χ1) is 15.1. The Morgan fingerprint density at radius 2 is 2.06 bits per heavy atom. The number of hydrogen-bond donors (Lipinski definition) is 1. The Morgan fingerprint density at radius 1 is 1.31 bits per heavy atom. The number of carbonyl (C=O) groups excluding carboxylic acids is 1. The Hall–Kier alpha value is -2.45. The first-order valence-electron chi connectivity index (χ1n) is 11.2. The van der Waals surface area contributed by atoms with E-state index in [-0.39, 0.29) is 35.1 Å². The van der Waals surface area contributed by atoms with E-state index in [9.17, 15) is 13.2 Å². The standard InChI is InChI=1S/C24H33N3O4S/c1-6-18(4)25-24(28)21-8-7-13-27(15-21)32(29,30)23-19(5)26-31-22(23)12-11-20-14-16(2)9-10-17(20)3/h9-12,14,18,21H,6-8,13,15H2,1-5H3,(H,25,28)/b12-11+/t18-,21-/m0/s1. The summed E-state index contributed by atoms with van der Waals surface area (Å²) in [5.74, 6) is -0.243. The van der Waals surface area contributed by atoms with Crippen molar-refractivity contribution in [2.24, 2.45) is 5.92 Å². The van der Waals surface area contributed by atoms with Gasteiger partial charge in [0.1, 0.15) is 5.69 Å². The maximum Gasteiger partial charge on any atom is 0.248 e. The van der Waals surface area contributed by atoms with Gasteiger partial charge in [-0.1, -0.05) is 41.9 Å². The first-order valence-corrected chi connectivity index (χ1v) is 12.6. The number of hydrogen-bond acceptors (Lipinski definition) is 5. The number of piperidine rings is 1. The molecule has 1 aromatic carbocycles. The monoisotopic (exact) mass is 459 g/mol. The van der Waals surface area contributed by atoms with Gasteiger partial charge in [-0.05, 0) is 64.2 Å². The Labute approximate surface area is 190 Å². The number of amides is 1. The van der Waals surface area contributed by atoms with Crippen molar-refractivity contribution < 1.29 is 17.7 Å². The summed E-state index contributed by atoms with van der Waals surface area (Å²) in [4.78, 5) is 12.7. The van der Waals surface area contributed by atoms with Crippen LogP contribution >= 0.6 is 0 Å². The first kappa shape index (κ1) is 24.2. The maximum atomic E-state index is 13.5. The van der Waals surface area contributed by atoms with E-state index in [1.165, 1.54) is 4.31 Å². The van der Waals surface area contributed by atoms with Gasteiger partial charge in [0.25, 0.3) is 0 Å². The quantitative estimate of drug-likeness (QED) is 0.673. The van der Waals surface area contributed by atoms with Gasteiger partial charge in [-0.3, -0.25) is 4.79 Å². The second kappa shape index (κ2) is 10.0. The summed E-state index contributed by atoms with van der Waals surface area (Å²) < 4.78 is 33.8. The summed E-state index contributed by atoms with van der Waals surface area (Å²) in [7, 11) is -3.86. The van der Waals surface area contributed by atoms with Crippen LogP contribution in [0.4, 0.5) is 0 Å². The van der Waals surface area contributed by atoms with E-state index in [1.807, 2.05) is 52.0 Å². The number of sulfonamides is 1. The third-order valence-electron chi connectivity index (χ3n) is 6.04. The normalized spacial score (nSPS) is 18.7. The van der Waals surface area contributed by atoms with Crippen LogP contribution in [0, 0.1) is 26.7 Å². The highest BCUT2D eigenvalue weighted by Gasteiger charge is 2.37. The molecule has 1 aliphatic rings. The van der Waals surface area contributed by atoms with Crippen LogP contribution in [0.3, 0.4) is 0 Å². The van der Waals surface area contributed by atoms with E-state index in [4.69, 9.17) is 4.52 Å². The van der Waals surface area contributed by atoms with Gasteiger partial charge in [0.2, 0.25) is 15.9 Å². The third-order valence-corrected chi connectivity index (χ3v) is 8.06. The van der Waals surface area contributed by atoms with Gasteiger partial charge in [-0.15, -0.1) is 0 Å². The Kier molecular flexibility index (Phi) is 7.56. The maximum absolute atomic E-state index is 13.5. The van der Waals surface area contributed by atoms with E-state index < -0.39 is 10.0 Å². The second-order valence-electron chi connectivity index (χ2n) is 8.67. The van der Waals surface area contributed by atoms with Crippen LogP contribution in [0.5, 0.6) is 0 Å². The van der Waals surface area contributed by atoms with E-state index in [0.29, 0.717) is 25.1 Å². The van der Waals surface area contributed by atoms with Crippen LogP contribution < -0.4 is 5.32 Å². The average Bonchev–Trinajstić information content (AvgIpc) is 3.15. The highest BCUT2D eigenvalue weighted by molar-refractivity contribution is 7.89. The molecule has 3 rings (SSSR count). The van der Waals surface area contributed by atoms with Crippen molar-refractivity contribution in [1.82, 2.24) is 14.8 Å². The fourth-order valence-corrected chi connectivity index (χ4v) is 5.64. The summed E-state index contributed by atoms with van der Waals surface area (Å²) in [6.07, 6.45) is 5.65. The predicted octanol–water partition coefficient (Wildman–Crippen LogP) is 4.09. The molecule has 1 N–H and O–H groups in total. The number of aromatic nitrogens is 1. The third kappa shape index (κ3) is 5.30. The Bertz CT molecular complexity index is 1100. The lowest BCUT2D eigenvalue weighted by Gasteiger charge is -2.31. The molecule has 1 fully saturated rings. The van der Waals surface area contributed by atoms with E-state index >= 15 is 0 Å². The lowest BCUT2D eigenvalue weighted by molar-refractivity contribution is -0.126. The number of rotatable bonds is 7. The summed E-state index contributed by atoms with van der Waals surface area (Å²) in [5, 5.41) is 6.90. The van der Waals surface area contributed by atoms with Crippen molar-refractivity contribution >= 4 is 28.1 Å². The summed E-state index contributed by atoms with van der Waals surface area (Å²) in [6, 6.07) is 6.16. The van der Waals surface area contributed by atoms with Crippen LogP contribution in [-0.4, -0.2) is 42.9 Å². The highest BCUT2D eigenvalue weighted by atomic mass is 32.2. The minimum atomic E-state index is -3.86. The molecule has 0 bridgehead atoms. The van der Waals surface area contributed by atoms with Gasteiger partial charge in [0.15, 0.2) is 10.7 Å². The van der Waals surface area contributed by atoms with Crippen molar-refractivity contribution in [2.45, 2.75) is 64.8 Å². The van der Waals surface area contributed by atoms with Crippen molar-refractivity contribution in [2.75, 3.05) is 13.1 Å². The summed E-state index contributed by atoms with van der Waals surface area (Å²) in [6.45, 7) is 10.1. The fourth-order valence-electron chi connectivity index (χ4n) is 3.87. The van der Waals surface area contributed by atoms with Crippen molar-refractivity contribution in [3.8, 4) is 0 Å². The Balaban J connectivity index is 1.86. The van der Waals surface area contributed by atoms with Gasteiger partial charge >= 0.3 is 0 Å². The van der Waals surface area contributed by atoms with Gasteiger partial charge in [-0.25, -0.2) is 8.42 Å². The largest absolute Gasteiger partial charge is 0.355 e. The molecule has 174 valence electrons. The SMILES string of the molecule is CC[C@H](C)NC(=O)[C@H]1CCCN(S(=O)(=O)c2c(C)noc2/C=C/c2cc(C)ccc2C)C1. The molecule has 2 atom stereocenters. The zero-order chi connectivity index (χ0) is 23.5. The number of nitrogens with zero attached hydrogens (tertiary/aromatic N) is 2. The molecule has 1 aliphatic heterocycles. The molecule has 0 spiro atoms. The number of benzene rings is 1. The molecule has 2 heterocycles. The van der Waals surface area contributed by atoms with Crippen molar-refractivity contribution in [1.29, 1.82) is 0 Å². The molecule has 1 saturated heterocycles. The number of aryl methyl sites for hydroxylation is 3. The summed E-state index contributed by atoms with van der Waals surface area (Å²) >= 11 is 0. The molecule has 0 unspecified atom stereocenters. The molecule has 8 heteroatoms. The minimum absolute atomic E-state index is 0.0663. The van der Waals surface area contributed by atoms with Crippen molar-refractivity contribution in [3.05, 3.63) is 46.3 Å². The van der Waals surface area contributed by atoms with Crippen LogP contribution in [0.1, 0.15) is 61.3 Å². The Morgan fingerprint density at radius 3 is 2.78 bits per heavy atom. The molecule has 0 saturated carbocycles. The van der Waals surface area contributed by atoms with E-state index in [1.54, 1.807) is 13.0 Å². The molecule has 0 aliphatic carbocycles. The minimum Gasteiger partial charge on any atom is -0.355 e. The second-order valence-corrected chi connectivity index (χ2v) is 10.5. The highest BCUT2D eigenvalue weighted by Crippen LogP contribution is 2.29. The lowest BCUT2D eigenvalue weighted by atomic mass is 9.98. The molecule has 2 aromatic rings. The van der Waals surface area contributed by atoms with Gasteiger partial charge in [0, 0.05) is 19.1 Å². The molecule has 1 amide bonds. The zero-order valence-corrected chi connectivity index (χ0v) is 20.3. The van der Waals surface area contributed by atoms with Crippen LogP contribution in [0.2, 0.25) is 0 Å². The van der Waals surface area contributed by atoms with E-state index in [0.717, 1.165) is 23.1 Å². The topological polar surface area (TPSA) is 92.5 Å². The smallest absolute Gasteiger partial charge is 0.248 e. The van der Waals surface area contributed by atoms with Gasteiger partial charge < -0.3 is 9.84 Å². The molecular weight excluding hydrogens is 426 g/mol. The molecule has 1 aromatic heterocycles. The molecule has 32 heavy (non-hydrogen) atoms. The van der Waals surface area contributed by atoms with Crippen LogP contribution in [0.15, 0.2) is 27.6 Å². The van der Waals surface area contributed by atoms with Crippen LogP contribution in [-0.2, 0) is 14.8 Å². The van der Waals surface area contributed by atoms with Gasteiger partial charge in [-0.2, -0.15) is 4.31 Å². The predicted molar refractivity (Wildman–Crippen MR) is 125 cm³/mol.